The number of anilines is 2. The number of benzene rings is 2. The van der Waals surface area contributed by atoms with Gasteiger partial charge in [0.1, 0.15) is 0 Å². The van der Waals surface area contributed by atoms with Crippen molar-refractivity contribution in [1.29, 1.82) is 0 Å². The lowest BCUT2D eigenvalue weighted by molar-refractivity contribution is -0.116. The second kappa shape index (κ2) is 5.85. The number of amides is 2. The summed E-state index contributed by atoms with van der Waals surface area (Å²) in [7, 11) is 0. The lowest BCUT2D eigenvalue weighted by Gasteiger charge is -2.16. The van der Waals surface area contributed by atoms with Crippen molar-refractivity contribution in [3.8, 4) is 0 Å². The minimum absolute atomic E-state index is 0.234. The van der Waals surface area contributed by atoms with E-state index < -0.39 is 5.37 Å². The summed E-state index contributed by atoms with van der Waals surface area (Å²) in [5, 5.41) is 2.31. The van der Waals surface area contributed by atoms with E-state index >= 15 is 0 Å². The fraction of sp³-hybridized carbons (Fsp3) is 0.176. The number of hydrogen-bond acceptors (Lipinski definition) is 4. The van der Waals surface area contributed by atoms with Gasteiger partial charge in [0.2, 0.25) is 0 Å². The number of para-hydroxylation sites is 1. The fourth-order valence-corrected chi connectivity index (χ4v) is 3.20. The van der Waals surface area contributed by atoms with Crippen LogP contribution < -0.4 is 10.2 Å². The Morgan fingerprint density at radius 3 is 2.36 bits per heavy atom. The minimum Gasteiger partial charge on any atom is -0.365 e. The van der Waals surface area contributed by atoms with Crippen LogP contribution in [0, 0.1) is 13.8 Å². The van der Waals surface area contributed by atoms with Crippen LogP contribution in [0.3, 0.4) is 0 Å². The lowest BCUT2D eigenvalue weighted by Crippen LogP contribution is -2.34. The van der Waals surface area contributed by atoms with Crippen LogP contribution in [0.2, 0.25) is 0 Å². The number of nitrogens with zero attached hydrogens (tertiary/aromatic N) is 1. The van der Waals surface area contributed by atoms with Gasteiger partial charge in [0.15, 0.2) is 5.37 Å². The van der Waals surface area contributed by atoms with Crippen molar-refractivity contribution < 1.29 is 9.59 Å². The predicted molar refractivity (Wildman–Crippen MR) is 90.2 cm³/mol. The molecule has 1 atom stereocenters. The van der Waals surface area contributed by atoms with Gasteiger partial charge in [-0.25, -0.2) is 4.90 Å². The van der Waals surface area contributed by atoms with Gasteiger partial charge in [-0.15, -0.1) is 0 Å². The molecule has 1 aliphatic heterocycles. The third kappa shape index (κ3) is 2.72. The molecule has 22 heavy (non-hydrogen) atoms. The summed E-state index contributed by atoms with van der Waals surface area (Å²) < 4.78 is 0. The van der Waals surface area contributed by atoms with E-state index in [0.29, 0.717) is 5.69 Å². The molecule has 1 N–H and O–H groups in total. The Morgan fingerprint density at radius 1 is 1.00 bits per heavy atom. The van der Waals surface area contributed by atoms with E-state index in [1.807, 2.05) is 50.2 Å². The summed E-state index contributed by atoms with van der Waals surface area (Å²) >= 11 is 1.01. The Morgan fingerprint density at radius 2 is 1.68 bits per heavy atom. The van der Waals surface area contributed by atoms with Crippen molar-refractivity contribution in [3.05, 3.63) is 59.7 Å². The van der Waals surface area contributed by atoms with E-state index in [4.69, 9.17) is 0 Å². The maximum absolute atomic E-state index is 12.5. The van der Waals surface area contributed by atoms with Crippen LogP contribution in [0.15, 0.2) is 48.5 Å². The van der Waals surface area contributed by atoms with Crippen molar-refractivity contribution in [1.82, 2.24) is 0 Å². The van der Waals surface area contributed by atoms with E-state index in [1.54, 1.807) is 12.1 Å². The highest BCUT2D eigenvalue weighted by Crippen LogP contribution is 2.33. The van der Waals surface area contributed by atoms with E-state index in [9.17, 15) is 9.59 Å². The smallest absolute Gasteiger partial charge is 0.295 e. The molecule has 2 amide bonds. The van der Waals surface area contributed by atoms with Gasteiger partial charge in [-0.2, -0.15) is 0 Å². The topological polar surface area (TPSA) is 49.4 Å². The molecule has 4 nitrogen and oxygen atoms in total. The van der Waals surface area contributed by atoms with Crippen LogP contribution in [0.25, 0.3) is 0 Å². The number of thioether (sulfide) groups is 1. The summed E-state index contributed by atoms with van der Waals surface area (Å²) in [6.45, 7) is 3.93. The fourth-order valence-electron chi connectivity index (χ4n) is 2.30. The second-order valence-electron chi connectivity index (χ2n) is 5.23. The Hall–Kier alpha value is -2.27. The molecule has 0 spiro atoms. The monoisotopic (exact) mass is 312 g/mol. The molecule has 2 aromatic carbocycles. The normalized spacial score (nSPS) is 17.9. The first kappa shape index (κ1) is 14.7. The molecule has 1 saturated heterocycles. The molecule has 1 fully saturated rings. The summed E-state index contributed by atoms with van der Waals surface area (Å²) in [6, 6.07) is 15.1. The quantitative estimate of drug-likeness (QED) is 0.932. The summed E-state index contributed by atoms with van der Waals surface area (Å²) in [6.07, 6.45) is 0. The molecule has 2 aromatic rings. The van der Waals surface area contributed by atoms with Crippen molar-refractivity contribution in [3.63, 3.8) is 0 Å². The average molecular weight is 312 g/mol. The van der Waals surface area contributed by atoms with E-state index in [1.165, 1.54) is 4.90 Å². The first-order valence-electron chi connectivity index (χ1n) is 6.99. The Kier molecular flexibility index (Phi) is 3.90. The molecule has 0 aliphatic carbocycles. The highest BCUT2D eigenvalue weighted by Gasteiger charge is 2.40. The molecule has 3 rings (SSSR count). The first-order chi connectivity index (χ1) is 10.6. The highest BCUT2D eigenvalue weighted by molar-refractivity contribution is 8.16. The van der Waals surface area contributed by atoms with Crippen molar-refractivity contribution in [2.24, 2.45) is 0 Å². The van der Waals surface area contributed by atoms with Crippen LogP contribution in [-0.4, -0.2) is 16.5 Å². The van der Waals surface area contributed by atoms with Crippen LogP contribution in [-0.2, 0) is 4.79 Å². The van der Waals surface area contributed by atoms with Gasteiger partial charge in [0.05, 0.1) is 5.69 Å². The summed E-state index contributed by atoms with van der Waals surface area (Å²) in [5.41, 5.74) is 3.61. The van der Waals surface area contributed by atoms with Gasteiger partial charge in [-0.05, 0) is 49.4 Å². The molecule has 1 aliphatic rings. The van der Waals surface area contributed by atoms with E-state index in [0.717, 1.165) is 28.6 Å². The van der Waals surface area contributed by atoms with Gasteiger partial charge >= 0.3 is 0 Å². The number of rotatable bonds is 3. The molecule has 5 heteroatoms. The van der Waals surface area contributed by atoms with Crippen LogP contribution in [0.4, 0.5) is 16.2 Å². The summed E-state index contributed by atoms with van der Waals surface area (Å²) in [5.74, 6) is -0.234. The van der Waals surface area contributed by atoms with Crippen LogP contribution in [0.1, 0.15) is 11.1 Å². The molecular formula is C17H16N2O2S. The molecule has 1 heterocycles. The number of aryl methyl sites for hydroxylation is 2. The number of nitrogens with one attached hydrogen (secondary N) is 1. The van der Waals surface area contributed by atoms with E-state index in [-0.39, 0.29) is 11.1 Å². The highest BCUT2D eigenvalue weighted by atomic mass is 32.2. The van der Waals surface area contributed by atoms with Gasteiger partial charge in [0, 0.05) is 5.69 Å². The Bertz CT molecular complexity index is 728. The molecule has 0 aromatic heterocycles. The first-order valence-corrected chi connectivity index (χ1v) is 7.87. The Balaban J connectivity index is 1.82. The van der Waals surface area contributed by atoms with E-state index in [2.05, 4.69) is 5.32 Å². The SMILES string of the molecule is Cc1ccc(N2C(=O)SC(Nc3ccccc3C)C2=O)cc1. The number of hydrogen-bond donors (Lipinski definition) is 1. The van der Waals surface area contributed by atoms with Crippen molar-refractivity contribution >= 4 is 34.3 Å². The number of carbonyl (C=O) groups is 2. The average Bonchev–Trinajstić information content (AvgIpc) is 2.77. The zero-order valence-corrected chi connectivity index (χ0v) is 13.2. The third-order valence-corrected chi connectivity index (χ3v) is 4.51. The molecule has 0 radical (unpaired) electrons. The summed E-state index contributed by atoms with van der Waals surface area (Å²) in [4.78, 5) is 26.0. The molecule has 1 unspecified atom stereocenters. The van der Waals surface area contributed by atoms with Crippen molar-refractivity contribution in [2.45, 2.75) is 19.2 Å². The zero-order valence-electron chi connectivity index (χ0n) is 12.4. The predicted octanol–water partition coefficient (Wildman–Crippen LogP) is 3.94. The standard InChI is InChI=1S/C17H16N2O2S/c1-11-7-9-13(10-8-11)19-16(20)15(22-17(19)21)18-14-6-4-3-5-12(14)2/h3-10,15,18H,1-2H3. The minimum atomic E-state index is -0.588. The zero-order chi connectivity index (χ0) is 15.7. The number of carbonyl (C=O) groups excluding carboxylic acids is 2. The third-order valence-electron chi connectivity index (χ3n) is 3.57. The van der Waals surface area contributed by atoms with Crippen molar-refractivity contribution in [2.75, 3.05) is 10.2 Å². The maximum atomic E-state index is 12.5. The van der Waals surface area contributed by atoms with Gasteiger partial charge in [-0.3, -0.25) is 9.59 Å². The molecule has 0 bridgehead atoms. The van der Waals surface area contributed by atoms with Crippen LogP contribution in [0.5, 0.6) is 0 Å². The number of imide groups is 1. The molecule has 112 valence electrons. The Labute approximate surface area is 133 Å². The van der Waals surface area contributed by atoms with Crippen LogP contribution >= 0.6 is 11.8 Å². The molecule has 0 saturated carbocycles. The second-order valence-corrected chi connectivity index (χ2v) is 6.29. The van der Waals surface area contributed by atoms with Gasteiger partial charge in [0.25, 0.3) is 11.1 Å². The lowest BCUT2D eigenvalue weighted by atomic mass is 10.2. The maximum Gasteiger partial charge on any atom is 0.295 e. The van der Waals surface area contributed by atoms with Gasteiger partial charge in [-0.1, -0.05) is 35.9 Å². The largest absolute Gasteiger partial charge is 0.365 e. The van der Waals surface area contributed by atoms with Gasteiger partial charge < -0.3 is 5.32 Å². The molecular weight excluding hydrogens is 296 g/mol.